The number of nitrogens with one attached hydrogen (secondary N) is 1. The second kappa shape index (κ2) is 5.80. The zero-order valence-corrected chi connectivity index (χ0v) is 9.99. The highest BCUT2D eigenvalue weighted by Gasteiger charge is 2.21. The summed E-state index contributed by atoms with van der Waals surface area (Å²) in [4.78, 5) is 31.5. The number of hydrogen-bond acceptors (Lipinski definition) is 5. The van der Waals surface area contributed by atoms with E-state index in [0.717, 1.165) is 0 Å². The minimum atomic E-state index is -1.35. The molecule has 19 heavy (non-hydrogen) atoms. The van der Waals surface area contributed by atoms with Gasteiger partial charge in [-0.2, -0.15) is 0 Å². The van der Waals surface area contributed by atoms with Crippen LogP contribution in [-0.4, -0.2) is 33.1 Å². The summed E-state index contributed by atoms with van der Waals surface area (Å²) in [6, 6.07) is 2.74. The molecule has 0 saturated carbocycles. The molecule has 0 aliphatic rings. The van der Waals surface area contributed by atoms with Gasteiger partial charge < -0.3 is 15.5 Å². The normalized spacial score (nSPS) is 11.6. The Morgan fingerprint density at radius 3 is 2.53 bits per heavy atom. The van der Waals surface area contributed by atoms with E-state index < -0.39 is 29.3 Å². The quantitative estimate of drug-likeness (QED) is 0.522. The predicted molar refractivity (Wildman–Crippen MR) is 65.1 cm³/mol. The molecular formula is C11H12N2O6. The number of nitro benzene ring substituents is 1. The van der Waals surface area contributed by atoms with Crippen LogP contribution in [0.4, 0.5) is 11.4 Å². The summed E-state index contributed by atoms with van der Waals surface area (Å²) in [7, 11) is 0. The number of aliphatic carboxylic acids is 2. The molecule has 0 radical (unpaired) electrons. The summed E-state index contributed by atoms with van der Waals surface area (Å²) in [6.07, 6.45) is -0.628. The molecule has 3 N–H and O–H groups in total. The number of nitro groups is 1. The van der Waals surface area contributed by atoms with E-state index in [4.69, 9.17) is 10.2 Å². The molecule has 0 bridgehead atoms. The number of benzene rings is 1. The van der Waals surface area contributed by atoms with Crippen LogP contribution >= 0.6 is 0 Å². The minimum absolute atomic E-state index is 0.163. The SMILES string of the molecule is Cc1ccc(NC(CC(=O)O)C(=O)O)cc1[N+](=O)[O-]. The lowest BCUT2D eigenvalue weighted by Crippen LogP contribution is -2.31. The van der Waals surface area contributed by atoms with E-state index in [1.807, 2.05) is 0 Å². The average Bonchev–Trinajstić information content (AvgIpc) is 2.29. The van der Waals surface area contributed by atoms with E-state index in [9.17, 15) is 19.7 Å². The van der Waals surface area contributed by atoms with Gasteiger partial charge in [0.2, 0.25) is 0 Å². The number of nitrogens with zero attached hydrogens (tertiary/aromatic N) is 1. The number of carboxylic acid groups (broad SMARTS) is 2. The van der Waals surface area contributed by atoms with Gasteiger partial charge in [0, 0.05) is 17.3 Å². The molecule has 0 amide bonds. The lowest BCUT2D eigenvalue weighted by atomic mass is 10.1. The molecule has 0 heterocycles. The van der Waals surface area contributed by atoms with Gasteiger partial charge in [-0.05, 0) is 13.0 Å². The van der Waals surface area contributed by atoms with Crippen molar-refractivity contribution in [2.24, 2.45) is 0 Å². The summed E-state index contributed by atoms with van der Waals surface area (Å²) in [5, 5.41) is 30.6. The first-order chi connectivity index (χ1) is 8.81. The van der Waals surface area contributed by atoms with Gasteiger partial charge in [-0.25, -0.2) is 4.79 Å². The van der Waals surface area contributed by atoms with Crippen LogP contribution in [0.1, 0.15) is 12.0 Å². The van der Waals surface area contributed by atoms with E-state index in [1.165, 1.54) is 18.2 Å². The first-order valence-electron chi connectivity index (χ1n) is 5.27. The van der Waals surface area contributed by atoms with Crippen LogP contribution in [0.2, 0.25) is 0 Å². The molecule has 1 atom stereocenters. The first kappa shape index (κ1) is 14.4. The third kappa shape index (κ3) is 3.95. The number of carbonyl (C=O) groups is 2. The summed E-state index contributed by atoms with van der Waals surface area (Å²) >= 11 is 0. The Hall–Kier alpha value is -2.64. The van der Waals surface area contributed by atoms with Crippen molar-refractivity contribution in [2.75, 3.05) is 5.32 Å². The van der Waals surface area contributed by atoms with Crippen molar-refractivity contribution in [3.63, 3.8) is 0 Å². The maximum Gasteiger partial charge on any atom is 0.326 e. The van der Waals surface area contributed by atoms with Crippen molar-refractivity contribution in [3.05, 3.63) is 33.9 Å². The van der Waals surface area contributed by atoms with Gasteiger partial charge >= 0.3 is 11.9 Å². The molecule has 1 unspecified atom stereocenters. The van der Waals surface area contributed by atoms with Crippen LogP contribution in [0.5, 0.6) is 0 Å². The van der Waals surface area contributed by atoms with Crippen LogP contribution in [-0.2, 0) is 9.59 Å². The van der Waals surface area contributed by atoms with Crippen LogP contribution in [0, 0.1) is 17.0 Å². The van der Waals surface area contributed by atoms with Crippen LogP contribution < -0.4 is 5.32 Å². The zero-order chi connectivity index (χ0) is 14.6. The molecule has 102 valence electrons. The highest BCUT2D eigenvalue weighted by Crippen LogP contribution is 2.23. The molecule has 0 aliphatic carbocycles. The number of rotatable bonds is 6. The molecule has 1 aromatic carbocycles. The highest BCUT2D eigenvalue weighted by molar-refractivity contribution is 5.83. The molecule has 1 rings (SSSR count). The Morgan fingerprint density at radius 2 is 2.05 bits per heavy atom. The molecule has 0 spiro atoms. The van der Waals surface area contributed by atoms with Crippen molar-refractivity contribution >= 4 is 23.3 Å². The van der Waals surface area contributed by atoms with Crippen LogP contribution in [0.25, 0.3) is 0 Å². The van der Waals surface area contributed by atoms with Gasteiger partial charge in [0.1, 0.15) is 6.04 Å². The number of hydrogen-bond donors (Lipinski definition) is 3. The summed E-state index contributed by atoms with van der Waals surface area (Å²) in [5.74, 6) is -2.62. The lowest BCUT2D eigenvalue weighted by molar-refractivity contribution is -0.385. The third-order valence-corrected chi connectivity index (χ3v) is 2.42. The molecule has 8 nitrogen and oxygen atoms in total. The fourth-order valence-corrected chi connectivity index (χ4v) is 1.47. The smallest absolute Gasteiger partial charge is 0.326 e. The Labute approximate surface area is 107 Å². The molecule has 0 fully saturated rings. The van der Waals surface area contributed by atoms with E-state index in [1.54, 1.807) is 6.92 Å². The zero-order valence-electron chi connectivity index (χ0n) is 9.99. The van der Waals surface area contributed by atoms with Gasteiger partial charge in [0.25, 0.3) is 5.69 Å². The van der Waals surface area contributed by atoms with Gasteiger partial charge in [-0.1, -0.05) is 6.07 Å². The average molecular weight is 268 g/mol. The molecule has 1 aromatic rings. The van der Waals surface area contributed by atoms with Gasteiger partial charge in [-0.15, -0.1) is 0 Å². The fraction of sp³-hybridized carbons (Fsp3) is 0.273. The Morgan fingerprint density at radius 1 is 1.42 bits per heavy atom. The summed E-state index contributed by atoms with van der Waals surface area (Å²) in [5.41, 5.74) is 0.455. The van der Waals surface area contributed by atoms with Gasteiger partial charge in [0.15, 0.2) is 0 Å². The van der Waals surface area contributed by atoms with Crippen molar-refractivity contribution in [1.29, 1.82) is 0 Å². The van der Waals surface area contributed by atoms with Crippen molar-refractivity contribution in [2.45, 2.75) is 19.4 Å². The van der Waals surface area contributed by atoms with Crippen molar-refractivity contribution < 1.29 is 24.7 Å². The maximum absolute atomic E-state index is 10.9. The fourth-order valence-electron chi connectivity index (χ4n) is 1.47. The second-order valence-electron chi connectivity index (χ2n) is 3.89. The highest BCUT2D eigenvalue weighted by atomic mass is 16.6. The maximum atomic E-state index is 10.9. The Balaban J connectivity index is 2.97. The van der Waals surface area contributed by atoms with Gasteiger partial charge in [-0.3, -0.25) is 14.9 Å². The summed E-state index contributed by atoms with van der Waals surface area (Å²) in [6.45, 7) is 1.55. The summed E-state index contributed by atoms with van der Waals surface area (Å²) < 4.78 is 0. The van der Waals surface area contributed by atoms with Crippen molar-refractivity contribution in [3.8, 4) is 0 Å². The van der Waals surface area contributed by atoms with E-state index in [-0.39, 0.29) is 11.4 Å². The molecule has 0 aromatic heterocycles. The van der Waals surface area contributed by atoms with Crippen molar-refractivity contribution in [1.82, 2.24) is 0 Å². The first-order valence-corrected chi connectivity index (χ1v) is 5.27. The Kier molecular flexibility index (Phi) is 4.41. The van der Waals surface area contributed by atoms with Gasteiger partial charge in [0.05, 0.1) is 11.3 Å². The van der Waals surface area contributed by atoms with Crippen LogP contribution in [0.15, 0.2) is 18.2 Å². The molecular weight excluding hydrogens is 256 g/mol. The Bertz CT molecular complexity index is 528. The molecule has 0 saturated heterocycles. The predicted octanol–water partition coefficient (Wildman–Crippen LogP) is 1.24. The second-order valence-corrected chi connectivity index (χ2v) is 3.89. The van der Waals surface area contributed by atoms with E-state index in [0.29, 0.717) is 5.56 Å². The number of carboxylic acids is 2. The van der Waals surface area contributed by atoms with E-state index in [2.05, 4.69) is 5.32 Å². The standard InChI is InChI=1S/C11H12N2O6/c1-6-2-3-7(4-9(6)13(18)19)12-8(11(16)17)5-10(14)15/h2-4,8,12H,5H2,1H3,(H,14,15)(H,16,17). The molecule has 0 aliphatic heterocycles. The molecule has 8 heteroatoms. The topological polar surface area (TPSA) is 130 Å². The third-order valence-electron chi connectivity index (χ3n) is 2.42. The van der Waals surface area contributed by atoms with E-state index >= 15 is 0 Å². The number of aryl methyl sites for hydroxylation is 1. The minimum Gasteiger partial charge on any atom is -0.481 e. The monoisotopic (exact) mass is 268 g/mol. The number of anilines is 1. The van der Waals surface area contributed by atoms with Crippen LogP contribution in [0.3, 0.4) is 0 Å². The lowest BCUT2D eigenvalue weighted by Gasteiger charge is -2.13. The largest absolute Gasteiger partial charge is 0.481 e.